The standard InChI is InChI=1S/C17H17Cl2NO/c18-14-8-15(19)10-16(9-14)21-17-4-2-1-3-13(17)7-12-5-6-20-11-12/h1-4,8-10,12,20H,5-7,11H2. The monoisotopic (exact) mass is 321 g/mol. The van der Waals surface area contributed by atoms with Crippen molar-refractivity contribution in [1.29, 1.82) is 0 Å². The van der Waals surface area contributed by atoms with Crippen LogP contribution < -0.4 is 10.1 Å². The van der Waals surface area contributed by atoms with Crippen molar-refractivity contribution in [2.24, 2.45) is 5.92 Å². The second kappa shape index (κ2) is 6.69. The quantitative estimate of drug-likeness (QED) is 0.861. The Labute approximate surface area is 135 Å². The van der Waals surface area contributed by atoms with Gasteiger partial charge in [0.2, 0.25) is 0 Å². The van der Waals surface area contributed by atoms with Gasteiger partial charge in [-0.1, -0.05) is 41.4 Å². The molecule has 0 amide bonds. The maximum Gasteiger partial charge on any atom is 0.130 e. The summed E-state index contributed by atoms with van der Waals surface area (Å²) in [6.07, 6.45) is 2.24. The average Bonchev–Trinajstić information content (AvgIpc) is 2.93. The first-order valence-electron chi connectivity index (χ1n) is 7.13. The first-order chi connectivity index (χ1) is 10.2. The summed E-state index contributed by atoms with van der Waals surface area (Å²) < 4.78 is 5.99. The highest BCUT2D eigenvalue weighted by molar-refractivity contribution is 6.34. The van der Waals surface area contributed by atoms with Crippen molar-refractivity contribution in [3.63, 3.8) is 0 Å². The van der Waals surface area contributed by atoms with Gasteiger partial charge in [0.05, 0.1) is 0 Å². The maximum atomic E-state index is 6.02. The normalized spacial score (nSPS) is 17.9. The van der Waals surface area contributed by atoms with Crippen LogP contribution in [0.3, 0.4) is 0 Å². The van der Waals surface area contributed by atoms with Gasteiger partial charge in [0, 0.05) is 10.0 Å². The molecule has 1 saturated heterocycles. The van der Waals surface area contributed by atoms with Gasteiger partial charge in [-0.3, -0.25) is 0 Å². The minimum absolute atomic E-state index is 0.579. The van der Waals surface area contributed by atoms with E-state index in [0.29, 0.717) is 21.7 Å². The van der Waals surface area contributed by atoms with Crippen molar-refractivity contribution in [2.75, 3.05) is 13.1 Å². The van der Waals surface area contributed by atoms with Crippen molar-refractivity contribution < 1.29 is 4.74 Å². The number of hydrogen-bond acceptors (Lipinski definition) is 2. The molecule has 2 aromatic rings. The van der Waals surface area contributed by atoms with E-state index in [2.05, 4.69) is 17.4 Å². The lowest BCUT2D eigenvalue weighted by Crippen LogP contribution is -2.11. The van der Waals surface area contributed by atoms with Crippen LogP contribution in [0.1, 0.15) is 12.0 Å². The molecule has 4 heteroatoms. The SMILES string of the molecule is Clc1cc(Cl)cc(Oc2ccccc2CC2CCNC2)c1. The van der Waals surface area contributed by atoms with Crippen molar-refractivity contribution in [3.05, 3.63) is 58.1 Å². The second-order valence-electron chi connectivity index (χ2n) is 5.38. The summed E-state index contributed by atoms with van der Waals surface area (Å²) in [4.78, 5) is 0. The summed E-state index contributed by atoms with van der Waals surface area (Å²) in [5, 5.41) is 4.56. The number of rotatable bonds is 4. The predicted molar refractivity (Wildman–Crippen MR) is 87.7 cm³/mol. The Kier molecular flexibility index (Phi) is 4.69. The molecular formula is C17H17Cl2NO. The molecule has 21 heavy (non-hydrogen) atoms. The molecule has 0 saturated carbocycles. The third kappa shape index (κ3) is 3.91. The lowest BCUT2D eigenvalue weighted by atomic mass is 9.98. The lowest BCUT2D eigenvalue weighted by Gasteiger charge is -2.14. The van der Waals surface area contributed by atoms with Gasteiger partial charge in [0.15, 0.2) is 0 Å². The Morgan fingerprint density at radius 1 is 1.10 bits per heavy atom. The second-order valence-corrected chi connectivity index (χ2v) is 6.25. The van der Waals surface area contributed by atoms with Crippen LogP contribution in [0, 0.1) is 5.92 Å². The van der Waals surface area contributed by atoms with E-state index < -0.39 is 0 Å². The molecule has 3 rings (SSSR count). The van der Waals surface area contributed by atoms with Gasteiger partial charge in [0.25, 0.3) is 0 Å². The average molecular weight is 322 g/mol. The highest BCUT2D eigenvalue weighted by Gasteiger charge is 2.17. The number of ether oxygens (including phenoxy) is 1. The summed E-state index contributed by atoms with van der Waals surface area (Å²) in [5.74, 6) is 2.23. The Hall–Kier alpha value is -1.22. The largest absolute Gasteiger partial charge is 0.457 e. The number of para-hydroxylation sites is 1. The molecule has 0 radical (unpaired) electrons. The number of benzene rings is 2. The van der Waals surface area contributed by atoms with Gasteiger partial charge in [0.1, 0.15) is 11.5 Å². The number of nitrogens with one attached hydrogen (secondary N) is 1. The van der Waals surface area contributed by atoms with Crippen molar-refractivity contribution in [3.8, 4) is 11.5 Å². The highest BCUT2D eigenvalue weighted by Crippen LogP contribution is 2.31. The number of hydrogen-bond donors (Lipinski definition) is 1. The van der Waals surface area contributed by atoms with E-state index in [1.807, 2.05) is 12.1 Å². The first-order valence-corrected chi connectivity index (χ1v) is 7.89. The fraction of sp³-hybridized carbons (Fsp3) is 0.294. The molecular weight excluding hydrogens is 305 g/mol. The van der Waals surface area contributed by atoms with E-state index in [-0.39, 0.29) is 0 Å². The van der Waals surface area contributed by atoms with Crippen LogP contribution in [0.2, 0.25) is 10.0 Å². The summed E-state index contributed by atoms with van der Waals surface area (Å²) >= 11 is 12.0. The maximum absolute atomic E-state index is 6.02. The molecule has 0 bridgehead atoms. The molecule has 1 N–H and O–H groups in total. The molecule has 1 aliphatic rings. The van der Waals surface area contributed by atoms with Crippen molar-refractivity contribution in [2.45, 2.75) is 12.8 Å². The molecule has 0 spiro atoms. The van der Waals surface area contributed by atoms with E-state index in [1.54, 1.807) is 18.2 Å². The zero-order valence-electron chi connectivity index (χ0n) is 11.6. The van der Waals surface area contributed by atoms with Crippen molar-refractivity contribution >= 4 is 23.2 Å². The molecule has 0 aliphatic carbocycles. The lowest BCUT2D eigenvalue weighted by molar-refractivity contribution is 0.467. The van der Waals surface area contributed by atoms with Gasteiger partial charge in [-0.15, -0.1) is 0 Å². The minimum Gasteiger partial charge on any atom is -0.457 e. The Bertz CT molecular complexity index is 604. The van der Waals surface area contributed by atoms with E-state index >= 15 is 0 Å². The van der Waals surface area contributed by atoms with Gasteiger partial charge >= 0.3 is 0 Å². The van der Waals surface area contributed by atoms with Gasteiger partial charge in [-0.05, 0) is 61.7 Å². The van der Waals surface area contributed by atoms with Crippen LogP contribution in [0.5, 0.6) is 11.5 Å². The minimum atomic E-state index is 0.579. The van der Waals surface area contributed by atoms with Crippen LogP contribution in [0.4, 0.5) is 0 Å². The molecule has 1 unspecified atom stereocenters. The van der Waals surface area contributed by atoms with E-state index in [4.69, 9.17) is 27.9 Å². The van der Waals surface area contributed by atoms with Crippen LogP contribution in [0.25, 0.3) is 0 Å². The van der Waals surface area contributed by atoms with Gasteiger partial charge in [-0.2, -0.15) is 0 Å². The molecule has 1 fully saturated rings. The Morgan fingerprint density at radius 3 is 2.57 bits per heavy atom. The summed E-state index contributed by atoms with van der Waals surface area (Å²) in [6.45, 7) is 2.19. The topological polar surface area (TPSA) is 21.3 Å². The zero-order valence-corrected chi connectivity index (χ0v) is 13.1. The molecule has 1 aliphatic heterocycles. The molecule has 2 nitrogen and oxygen atoms in total. The Balaban J connectivity index is 1.81. The third-order valence-electron chi connectivity index (χ3n) is 3.71. The molecule has 110 valence electrons. The molecule has 1 atom stereocenters. The summed E-state index contributed by atoms with van der Waals surface area (Å²) in [6, 6.07) is 13.4. The van der Waals surface area contributed by atoms with Crippen molar-refractivity contribution in [1.82, 2.24) is 5.32 Å². The molecule has 1 heterocycles. The van der Waals surface area contributed by atoms with Gasteiger partial charge in [-0.25, -0.2) is 0 Å². The first kappa shape index (κ1) is 14.7. The molecule has 0 aromatic heterocycles. The smallest absolute Gasteiger partial charge is 0.130 e. The van der Waals surface area contributed by atoms with Crippen LogP contribution in [-0.2, 0) is 6.42 Å². The van der Waals surface area contributed by atoms with Crippen LogP contribution in [0.15, 0.2) is 42.5 Å². The predicted octanol–water partition coefficient (Wildman–Crippen LogP) is 4.94. The summed E-state index contributed by atoms with van der Waals surface area (Å²) in [5.41, 5.74) is 1.22. The fourth-order valence-corrected chi connectivity index (χ4v) is 3.19. The Morgan fingerprint density at radius 2 is 1.86 bits per heavy atom. The van der Waals surface area contributed by atoms with Crippen LogP contribution >= 0.6 is 23.2 Å². The van der Waals surface area contributed by atoms with Gasteiger partial charge < -0.3 is 10.1 Å². The van der Waals surface area contributed by atoms with E-state index in [9.17, 15) is 0 Å². The fourth-order valence-electron chi connectivity index (χ4n) is 2.69. The third-order valence-corrected chi connectivity index (χ3v) is 4.14. The van der Waals surface area contributed by atoms with Crippen LogP contribution in [-0.4, -0.2) is 13.1 Å². The summed E-state index contributed by atoms with van der Waals surface area (Å²) in [7, 11) is 0. The zero-order chi connectivity index (χ0) is 14.7. The molecule has 2 aromatic carbocycles. The number of halogens is 2. The highest BCUT2D eigenvalue weighted by atomic mass is 35.5. The van der Waals surface area contributed by atoms with E-state index in [1.165, 1.54) is 12.0 Å². The van der Waals surface area contributed by atoms with E-state index in [0.717, 1.165) is 25.3 Å².